The van der Waals surface area contributed by atoms with Crippen LogP contribution in [0.2, 0.25) is 0 Å². The molecule has 0 aromatic heterocycles. The van der Waals surface area contributed by atoms with Gasteiger partial charge in [0.05, 0.1) is 12.4 Å². The lowest BCUT2D eigenvalue weighted by atomic mass is 10.4. The van der Waals surface area contributed by atoms with Gasteiger partial charge in [-0.2, -0.15) is 0 Å². The minimum atomic E-state index is -0.0188. The predicted molar refractivity (Wildman–Crippen MR) is 56.3 cm³/mol. The first-order chi connectivity index (χ1) is 6.70. The van der Waals surface area contributed by atoms with Gasteiger partial charge in [0.15, 0.2) is 0 Å². The van der Waals surface area contributed by atoms with Crippen LogP contribution in [0.5, 0.6) is 0 Å². The Labute approximate surface area is 84.7 Å². The maximum absolute atomic E-state index is 11.1. The number of nitrogens with one attached hydrogen (secondary N) is 1. The maximum Gasteiger partial charge on any atom is 0.221 e. The molecule has 0 aromatic rings. The quantitative estimate of drug-likeness (QED) is 0.343. The van der Waals surface area contributed by atoms with Crippen LogP contribution in [0.1, 0.15) is 19.8 Å². The number of amidine groups is 1. The first kappa shape index (κ1) is 12.9. The summed E-state index contributed by atoms with van der Waals surface area (Å²) >= 11 is 0. The van der Waals surface area contributed by atoms with Crippen molar-refractivity contribution in [2.24, 2.45) is 10.7 Å². The maximum atomic E-state index is 11.1. The number of aliphatic imine (C=N–C) groups is 1. The van der Waals surface area contributed by atoms with E-state index in [9.17, 15) is 4.79 Å². The van der Waals surface area contributed by atoms with Crippen LogP contribution in [0.3, 0.4) is 0 Å². The van der Waals surface area contributed by atoms with Crippen LogP contribution >= 0.6 is 0 Å². The fourth-order valence-electron chi connectivity index (χ4n) is 0.794. The van der Waals surface area contributed by atoms with Crippen molar-refractivity contribution in [3.8, 4) is 0 Å². The molecule has 0 unspecified atom stereocenters. The van der Waals surface area contributed by atoms with E-state index >= 15 is 0 Å². The highest BCUT2D eigenvalue weighted by Crippen LogP contribution is 1.84. The number of hydrogen-bond acceptors (Lipinski definition) is 3. The number of hydrogen-bond donors (Lipinski definition) is 2. The number of nitrogens with zero attached hydrogens (tertiary/aromatic N) is 1. The molecular weight excluding hydrogens is 182 g/mol. The van der Waals surface area contributed by atoms with Crippen molar-refractivity contribution in [1.82, 2.24) is 5.32 Å². The Morgan fingerprint density at radius 1 is 1.57 bits per heavy atom. The van der Waals surface area contributed by atoms with Crippen molar-refractivity contribution >= 4 is 11.7 Å². The van der Waals surface area contributed by atoms with Crippen LogP contribution in [0.15, 0.2) is 4.99 Å². The third kappa shape index (κ3) is 7.54. The Balaban J connectivity index is 3.44. The number of carbonyl (C=O) groups is 1. The molecule has 0 spiro atoms. The first-order valence-corrected chi connectivity index (χ1v) is 4.75. The van der Waals surface area contributed by atoms with Gasteiger partial charge in [-0.05, 0) is 0 Å². The van der Waals surface area contributed by atoms with E-state index in [-0.39, 0.29) is 5.91 Å². The van der Waals surface area contributed by atoms with E-state index in [0.717, 1.165) is 6.42 Å². The Morgan fingerprint density at radius 3 is 2.86 bits per heavy atom. The molecule has 0 saturated carbocycles. The van der Waals surface area contributed by atoms with Gasteiger partial charge in [0.25, 0.3) is 0 Å². The Morgan fingerprint density at radius 2 is 2.29 bits per heavy atom. The van der Waals surface area contributed by atoms with E-state index in [2.05, 4.69) is 10.3 Å². The second-order valence-electron chi connectivity index (χ2n) is 2.82. The molecule has 82 valence electrons. The van der Waals surface area contributed by atoms with E-state index < -0.39 is 0 Å². The summed E-state index contributed by atoms with van der Waals surface area (Å²) in [6.07, 6.45) is 1.11. The third-order valence-corrected chi connectivity index (χ3v) is 1.64. The first-order valence-electron chi connectivity index (χ1n) is 4.75. The van der Waals surface area contributed by atoms with E-state index in [1.165, 1.54) is 0 Å². The Kier molecular flexibility index (Phi) is 7.83. The van der Waals surface area contributed by atoms with Gasteiger partial charge in [-0.3, -0.25) is 9.79 Å². The smallest absolute Gasteiger partial charge is 0.221 e. The summed E-state index contributed by atoms with van der Waals surface area (Å²) in [5.74, 6) is 0.574. The van der Waals surface area contributed by atoms with Crippen molar-refractivity contribution in [2.45, 2.75) is 19.8 Å². The number of amides is 1. The highest BCUT2D eigenvalue weighted by molar-refractivity contribution is 5.80. The molecule has 0 fully saturated rings. The molecule has 0 heterocycles. The summed E-state index contributed by atoms with van der Waals surface area (Å²) in [5, 5.41) is 2.70. The van der Waals surface area contributed by atoms with Gasteiger partial charge in [0.2, 0.25) is 5.91 Å². The van der Waals surface area contributed by atoms with Gasteiger partial charge in [-0.1, -0.05) is 6.92 Å². The van der Waals surface area contributed by atoms with Gasteiger partial charge < -0.3 is 15.8 Å². The highest BCUT2D eigenvalue weighted by atomic mass is 16.5. The fourth-order valence-corrected chi connectivity index (χ4v) is 0.794. The van der Waals surface area contributed by atoms with Crippen LogP contribution < -0.4 is 11.1 Å². The zero-order chi connectivity index (χ0) is 10.8. The molecule has 0 aliphatic heterocycles. The molecule has 3 N–H and O–H groups in total. The molecule has 14 heavy (non-hydrogen) atoms. The molecule has 0 saturated heterocycles. The zero-order valence-corrected chi connectivity index (χ0v) is 8.88. The standard InChI is InChI=1S/C9H19N3O2/c1-3-8(10)11-5-4-9(13)12-6-7-14-2/h3-7H2,1-2H3,(H2,10,11)(H,12,13). The zero-order valence-electron chi connectivity index (χ0n) is 8.88. The largest absolute Gasteiger partial charge is 0.387 e. The molecule has 5 nitrogen and oxygen atoms in total. The molecule has 0 radical (unpaired) electrons. The number of ether oxygens (including phenoxy) is 1. The lowest BCUT2D eigenvalue weighted by molar-refractivity contribution is -0.121. The molecule has 0 aliphatic carbocycles. The number of nitrogens with two attached hydrogens (primary N) is 1. The fraction of sp³-hybridized carbons (Fsp3) is 0.778. The van der Waals surface area contributed by atoms with Crippen LogP contribution in [-0.2, 0) is 9.53 Å². The van der Waals surface area contributed by atoms with Crippen molar-refractivity contribution in [1.29, 1.82) is 0 Å². The highest BCUT2D eigenvalue weighted by Gasteiger charge is 1.98. The monoisotopic (exact) mass is 201 g/mol. The van der Waals surface area contributed by atoms with Crippen molar-refractivity contribution in [3.63, 3.8) is 0 Å². The topological polar surface area (TPSA) is 76.7 Å². The van der Waals surface area contributed by atoms with Gasteiger partial charge in [0, 0.05) is 33.0 Å². The van der Waals surface area contributed by atoms with Gasteiger partial charge in [0.1, 0.15) is 0 Å². The van der Waals surface area contributed by atoms with Crippen molar-refractivity contribution in [3.05, 3.63) is 0 Å². The van der Waals surface area contributed by atoms with E-state index in [1.54, 1.807) is 7.11 Å². The molecule has 0 atom stereocenters. The predicted octanol–water partition coefficient (Wildman–Crippen LogP) is -0.0937. The number of methoxy groups -OCH3 is 1. The second kappa shape index (κ2) is 8.50. The molecule has 0 aromatic carbocycles. The summed E-state index contributed by atoms with van der Waals surface area (Å²) in [5.41, 5.74) is 5.48. The second-order valence-corrected chi connectivity index (χ2v) is 2.82. The molecule has 0 aliphatic rings. The van der Waals surface area contributed by atoms with Crippen LogP contribution in [0.25, 0.3) is 0 Å². The van der Waals surface area contributed by atoms with E-state index in [1.807, 2.05) is 6.92 Å². The summed E-state index contributed by atoms with van der Waals surface area (Å²) < 4.78 is 4.79. The summed E-state index contributed by atoms with van der Waals surface area (Å²) in [7, 11) is 1.60. The van der Waals surface area contributed by atoms with Crippen molar-refractivity contribution in [2.75, 3.05) is 26.8 Å². The van der Waals surface area contributed by atoms with Gasteiger partial charge in [-0.15, -0.1) is 0 Å². The molecular formula is C9H19N3O2. The SMILES string of the molecule is CCC(N)=NCCC(=O)NCCOC. The number of rotatable bonds is 7. The van der Waals surface area contributed by atoms with Gasteiger partial charge in [-0.25, -0.2) is 0 Å². The Bertz CT molecular complexity index is 192. The minimum Gasteiger partial charge on any atom is -0.387 e. The van der Waals surface area contributed by atoms with Crippen LogP contribution in [0, 0.1) is 0 Å². The third-order valence-electron chi connectivity index (χ3n) is 1.64. The average molecular weight is 201 g/mol. The molecule has 1 amide bonds. The molecule has 0 rings (SSSR count). The molecule has 5 heteroatoms. The lowest BCUT2D eigenvalue weighted by Crippen LogP contribution is -2.27. The minimum absolute atomic E-state index is 0.0188. The van der Waals surface area contributed by atoms with Crippen LogP contribution in [0.4, 0.5) is 0 Å². The van der Waals surface area contributed by atoms with Crippen molar-refractivity contribution < 1.29 is 9.53 Å². The lowest BCUT2D eigenvalue weighted by Gasteiger charge is -2.02. The molecule has 0 bridgehead atoms. The van der Waals surface area contributed by atoms with E-state index in [4.69, 9.17) is 10.5 Å². The van der Waals surface area contributed by atoms with Gasteiger partial charge >= 0.3 is 0 Å². The average Bonchev–Trinajstić information content (AvgIpc) is 2.18. The number of carbonyl (C=O) groups excluding carboxylic acids is 1. The summed E-state index contributed by atoms with van der Waals surface area (Å²) in [6.45, 7) is 3.46. The van der Waals surface area contributed by atoms with E-state index in [0.29, 0.717) is 32.0 Å². The summed E-state index contributed by atoms with van der Waals surface area (Å²) in [4.78, 5) is 15.1. The Hall–Kier alpha value is -1.10. The van der Waals surface area contributed by atoms with Crippen LogP contribution in [-0.4, -0.2) is 38.5 Å². The normalized spacial score (nSPS) is 11.4. The summed E-state index contributed by atoms with van der Waals surface area (Å²) in [6, 6.07) is 0.